The van der Waals surface area contributed by atoms with Gasteiger partial charge in [-0.25, -0.2) is 4.79 Å². The standard InChI is InChI=1S/C13H9NO4S/c15-13(16)12(8-11-2-1-7-19-11)9-3-5-10(6-4-9)14(17)18/h1-8H,(H,15,16). The number of nitrogens with zero attached hydrogens (tertiary/aromatic N) is 1. The predicted molar refractivity (Wildman–Crippen MR) is 72.9 cm³/mol. The smallest absolute Gasteiger partial charge is 0.336 e. The third kappa shape index (κ3) is 3.05. The van der Waals surface area contributed by atoms with Crippen molar-refractivity contribution in [2.75, 3.05) is 0 Å². The lowest BCUT2D eigenvalue weighted by Crippen LogP contribution is -1.99. The van der Waals surface area contributed by atoms with Crippen LogP contribution in [0.2, 0.25) is 0 Å². The first-order chi connectivity index (χ1) is 9.08. The highest BCUT2D eigenvalue weighted by molar-refractivity contribution is 7.10. The monoisotopic (exact) mass is 275 g/mol. The Kier molecular flexibility index (Phi) is 3.72. The maximum atomic E-state index is 11.2. The van der Waals surface area contributed by atoms with Crippen LogP contribution < -0.4 is 0 Å². The van der Waals surface area contributed by atoms with Gasteiger partial charge in [-0.2, -0.15) is 0 Å². The number of nitro groups is 1. The fourth-order valence-corrected chi connectivity index (χ4v) is 2.20. The van der Waals surface area contributed by atoms with E-state index in [2.05, 4.69) is 0 Å². The van der Waals surface area contributed by atoms with Gasteiger partial charge in [-0.3, -0.25) is 10.1 Å². The maximum Gasteiger partial charge on any atom is 0.336 e. The minimum absolute atomic E-state index is 0.0652. The lowest BCUT2D eigenvalue weighted by molar-refractivity contribution is -0.384. The molecule has 1 aromatic heterocycles. The molecule has 0 atom stereocenters. The largest absolute Gasteiger partial charge is 0.478 e. The summed E-state index contributed by atoms with van der Waals surface area (Å²) in [6.07, 6.45) is 1.55. The minimum Gasteiger partial charge on any atom is -0.478 e. The lowest BCUT2D eigenvalue weighted by Gasteiger charge is -2.02. The highest BCUT2D eigenvalue weighted by Crippen LogP contribution is 2.23. The Hall–Kier alpha value is -2.47. The highest BCUT2D eigenvalue weighted by Gasteiger charge is 2.12. The normalized spacial score (nSPS) is 11.3. The van der Waals surface area contributed by atoms with Crippen molar-refractivity contribution in [3.63, 3.8) is 0 Å². The van der Waals surface area contributed by atoms with Crippen LogP contribution in [0.5, 0.6) is 0 Å². The zero-order chi connectivity index (χ0) is 13.8. The number of carbonyl (C=O) groups is 1. The summed E-state index contributed by atoms with van der Waals surface area (Å²) in [6, 6.07) is 9.09. The van der Waals surface area contributed by atoms with E-state index < -0.39 is 10.9 Å². The van der Waals surface area contributed by atoms with Crippen LogP contribution in [-0.4, -0.2) is 16.0 Å². The van der Waals surface area contributed by atoms with E-state index in [4.69, 9.17) is 0 Å². The van der Waals surface area contributed by atoms with Gasteiger partial charge in [-0.1, -0.05) is 6.07 Å². The van der Waals surface area contributed by atoms with Gasteiger partial charge < -0.3 is 5.11 Å². The molecule has 0 spiro atoms. The molecule has 1 heterocycles. The molecule has 0 amide bonds. The maximum absolute atomic E-state index is 11.2. The number of thiophene rings is 1. The second-order valence-corrected chi connectivity index (χ2v) is 4.66. The average Bonchev–Trinajstić information content (AvgIpc) is 2.88. The number of rotatable bonds is 4. The number of non-ortho nitro benzene ring substituents is 1. The molecule has 0 saturated carbocycles. The molecule has 0 bridgehead atoms. The van der Waals surface area contributed by atoms with Crippen molar-refractivity contribution in [2.45, 2.75) is 0 Å². The number of aliphatic carboxylic acids is 1. The van der Waals surface area contributed by atoms with Crippen LogP contribution in [0.1, 0.15) is 10.4 Å². The van der Waals surface area contributed by atoms with Crippen molar-refractivity contribution in [1.29, 1.82) is 0 Å². The molecule has 1 aromatic carbocycles. The first-order valence-electron chi connectivity index (χ1n) is 5.31. The van der Waals surface area contributed by atoms with Crippen LogP contribution in [0.25, 0.3) is 11.6 Å². The van der Waals surface area contributed by atoms with Gasteiger partial charge in [0.25, 0.3) is 5.69 Å². The van der Waals surface area contributed by atoms with Crippen LogP contribution in [0.3, 0.4) is 0 Å². The SMILES string of the molecule is O=C(O)C(=Cc1cccs1)c1ccc([N+](=O)[O-])cc1. The van der Waals surface area contributed by atoms with E-state index in [0.717, 1.165) is 4.88 Å². The zero-order valence-corrected chi connectivity index (χ0v) is 10.5. The third-order valence-corrected chi connectivity index (χ3v) is 3.27. The van der Waals surface area contributed by atoms with E-state index in [0.29, 0.717) is 5.56 Å². The first kappa shape index (κ1) is 13.0. The number of carboxylic acid groups (broad SMARTS) is 1. The van der Waals surface area contributed by atoms with Gasteiger partial charge in [-0.05, 0) is 35.2 Å². The lowest BCUT2D eigenvalue weighted by atomic mass is 10.0. The van der Waals surface area contributed by atoms with Gasteiger partial charge >= 0.3 is 5.97 Å². The summed E-state index contributed by atoms with van der Waals surface area (Å²) < 4.78 is 0. The molecular formula is C13H9NO4S. The molecule has 19 heavy (non-hydrogen) atoms. The van der Waals surface area contributed by atoms with E-state index in [1.165, 1.54) is 35.6 Å². The van der Waals surface area contributed by atoms with Gasteiger partial charge in [0.15, 0.2) is 0 Å². The summed E-state index contributed by atoms with van der Waals surface area (Å²) in [5.41, 5.74) is 0.480. The second kappa shape index (κ2) is 5.45. The highest BCUT2D eigenvalue weighted by atomic mass is 32.1. The Morgan fingerprint density at radius 2 is 1.95 bits per heavy atom. The average molecular weight is 275 g/mol. The number of carboxylic acids is 1. The first-order valence-corrected chi connectivity index (χ1v) is 6.19. The van der Waals surface area contributed by atoms with Crippen molar-refractivity contribution in [3.05, 3.63) is 62.3 Å². The Morgan fingerprint density at radius 1 is 1.26 bits per heavy atom. The summed E-state index contributed by atoms with van der Waals surface area (Å²) in [5, 5.41) is 21.6. The Morgan fingerprint density at radius 3 is 2.42 bits per heavy atom. The number of hydrogen-bond acceptors (Lipinski definition) is 4. The van der Waals surface area contributed by atoms with Gasteiger partial charge in [0.2, 0.25) is 0 Å². The number of nitro benzene ring substituents is 1. The van der Waals surface area contributed by atoms with Crippen LogP contribution in [-0.2, 0) is 4.79 Å². The van der Waals surface area contributed by atoms with E-state index in [1.54, 1.807) is 12.1 Å². The molecule has 0 aliphatic rings. The molecule has 6 heteroatoms. The molecule has 1 N–H and O–H groups in total. The van der Waals surface area contributed by atoms with Crippen molar-refractivity contribution in [1.82, 2.24) is 0 Å². The summed E-state index contributed by atoms with van der Waals surface area (Å²) in [4.78, 5) is 22.1. The molecular weight excluding hydrogens is 266 g/mol. The van der Waals surface area contributed by atoms with Crippen LogP contribution in [0.4, 0.5) is 5.69 Å². The molecule has 96 valence electrons. The van der Waals surface area contributed by atoms with E-state index in [9.17, 15) is 20.0 Å². The minimum atomic E-state index is -1.07. The fraction of sp³-hybridized carbons (Fsp3) is 0. The molecule has 5 nitrogen and oxygen atoms in total. The summed E-state index contributed by atoms with van der Waals surface area (Å²) in [7, 11) is 0. The summed E-state index contributed by atoms with van der Waals surface area (Å²) >= 11 is 1.42. The van der Waals surface area contributed by atoms with Gasteiger partial charge in [0.1, 0.15) is 0 Å². The second-order valence-electron chi connectivity index (χ2n) is 3.68. The van der Waals surface area contributed by atoms with Crippen molar-refractivity contribution < 1.29 is 14.8 Å². The van der Waals surface area contributed by atoms with Gasteiger partial charge in [0, 0.05) is 17.0 Å². The van der Waals surface area contributed by atoms with Crippen LogP contribution in [0, 0.1) is 10.1 Å². The number of benzene rings is 1. The molecule has 0 aliphatic carbocycles. The molecule has 0 radical (unpaired) electrons. The predicted octanol–water partition coefficient (Wildman–Crippen LogP) is 3.28. The van der Waals surface area contributed by atoms with E-state index >= 15 is 0 Å². The topological polar surface area (TPSA) is 80.4 Å². The van der Waals surface area contributed by atoms with Crippen molar-refractivity contribution in [3.8, 4) is 0 Å². The Bertz CT molecular complexity index is 629. The van der Waals surface area contributed by atoms with Crippen LogP contribution >= 0.6 is 11.3 Å². The molecule has 0 aliphatic heterocycles. The Balaban J connectivity index is 2.40. The van der Waals surface area contributed by atoms with E-state index in [1.807, 2.05) is 11.4 Å². The third-order valence-electron chi connectivity index (χ3n) is 2.45. The van der Waals surface area contributed by atoms with Gasteiger partial charge in [0.05, 0.1) is 10.5 Å². The number of hydrogen-bond donors (Lipinski definition) is 1. The van der Waals surface area contributed by atoms with Crippen LogP contribution in [0.15, 0.2) is 41.8 Å². The molecule has 0 fully saturated rings. The van der Waals surface area contributed by atoms with Gasteiger partial charge in [-0.15, -0.1) is 11.3 Å². The van der Waals surface area contributed by atoms with E-state index in [-0.39, 0.29) is 11.3 Å². The molecule has 2 aromatic rings. The van der Waals surface area contributed by atoms with Crippen molar-refractivity contribution >= 4 is 34.6 Å². The molecule has 2 rings (SSSR count). The molecule has 0 unspecified atom stereocenters. The Labute approximate surface area is 112 Å². The summed E-state index contributed by atoms with van der Waals surface area (Å²) in [6.45, 7) is 0. The fourth-order valence-electron chi connectivity index (χ4n) is 1.55. The quantitative estimate of drug-likeness (QED) is 0.527. The summed E-state index contributed by atoms with van der Waals surface area (Å²) in [5.74, 6) is -1.07. The molecule has 0 saturated heterocycles. The van der Waals surface area contributed by atoms with Crippen molar-refractivity contribution in [2.24, 2.45) is 0 Å². The zero-order valence-electron chi connectivity index (χ0n) is 9.65.